The zero-order valence-electron chi connectivity index (χ0n) is 20.7. The van der Waals surface area contributed by atoms with Crippen LogP contribution in [-0.2, 0) is 11.0 Å². The van der Waals surface area contributed by atoms with Crippen LogP contribution in [0.2, 0.25) is 0 Å². The third-order valence-electron chi connectivity index (χ3n) is 7.33. The first kappa shape index (κ1) is 25.7. The van der Waals surface area contributed by atoms with E-state index in [1.54, 1.807) is 0 Å². The molecular formula is C26H36F3N5O. The molecule has 6 nitrogen and oxygen atoms in total. The molecule has 4 atom stereocenters. The lowest BCUT2D eigenvalue weighted by molar-refractivity contribution is -0.137. The number of nitrogens with zero attached hydrogens (tertiary/aromatic N) is 3. The average Bonchev–Trinajstić information content (AvgIpc) is 3.17. The molecule has 1 amide bonds. The first-order chi connectivity index (χ1) is 16.7. The Hall–Kier alpha value is -2.42. The fourth-order valence-corrected chi connectivity index (χ4v) is 5.61. The van der Waals surface area contributed by atoms with E-state index >= 15 is 0 Å². The molecule has 1 aromatic carbocycles. The Morgan fingerprint density at radius 3 is 2.69 bits per heavy atom. The molecule has 1 aromatic heterocycles. The number of carbonyl (C=O) groups excluding carboxylic acids is 1. The zero-order chi connectivity index (χ0) is 25.2. The summed E-state index contributed by atoms with van der Waals surface area (Å²) in [6.07, 6.45) is 2.73. The predicted octanol–water partition coefficient (Wildman–Crippen LogP) is 5.24. The van der Waals surface area contributed by atoms with Gasteiger partial charge in [-0.25, -0.2) is 9.97 Å². The summed E-state index contributed by atoms with van der Waals surface area (Å²) in [6, 6.07) is 3.62. The van der Waals surface area contributed by atoms with Crippen molar-refractivity contribution in [1.82, 2.24) is 20.2 Å². The number of amides is 1. The van der Waals surface area contributed by atoms with Gasteiger partial charge in [0.1, 0.15) is 18.2 Å². The molecule has 35 heavy (non-hydrogen) atoms. The van der Waals surface area contributed by atoms with Crippen molar-refractivity contribution >= 4 is 22.6 Å². The van der Waals surface area contributed by atoms with Gasteiger partial charge in [-0.2, -0.15) is 13.2 Å². The number of aromatic nitrogens is 2. The van der Waals surface area contributed by atoms with Crippen LogP contribution >= 0.6 is 0 Å². The number of halogens is 3. The van der Waals surface area contributed by atoms with Crippen molar-refractivity contribution in [3.63, 3.8) is 0 Å². The molecule has 192 valence electrons. The van der Waals surface area contributed by atoms with Gasteiger partial charge in [0.05, 0.1) is 11.1 Å². The predicted molar refractivity (Wildman–Crippen MR) is 131 cm³/mol. The molecule has 2 aromatic rings. The minimum atomic E-state index is -4.46. The number of nitrogens with one attached hydrogen (secondary N) is 2. The van der Waals surface area contributed by atoms with Crippen LogP contribution in [-0.4, -0.2) is 52.0 Å². The molecule has 1 aliphatic carbocycles. The van der Waals surface area contributed by atoms with Crippen LogP contribution in [0, 0.1) is 11.8 Å². The van der Waals surface area contributed by atoms with E-state index in [1.807, 2.05) is 4.90 Å². The normalized spacial score (nSPS) is 25.6. The highest BCUT2D eigenvalue weighted by atomic mass is 19.4. The Bertz CT molecular complexity index is 1030. The van der Waals surface area contributed by atoms with E-state index in [9.17, 15) is 18.0 Å². The molecule has 2 unspecified atom stereocenters. The smallest absolute Gasteiger partial charge is 0.358 e. The summed E-state index contributed by atoms with van der Waals surface area (Å²) < 4.78 is 39.8. The summed E-state index contributed by atoms with van der Waals surface area (Å²) in [6.45, 7) is 8.27. The van der Waals surface area contributed by atoms with Crippen molar-refractivity contribution in [2.75, 3.05) is 18.4 Å². The number of fused-ring (bicyclic) bond motifs is 1. The van der Waals surface area contributed by atoms with Gasteiger partial charge in [0.15, 0.2) is 0 Å². The highest BCUT2D eigenvalue weighted by Crippen LogP contribution is 2.36. The highest BCUT2D eigenvalue weighted by molar-refractivity contribution is 5.93. The van der Waals surface area contributed by atoms with Crippen molar-refractivity contribution in [3.8, 4) is 0 Å². The van der Waals surface area contributed by atoms with Crippen LogP contribution in [0.1, 0.15) is 64.9 Å². The Morgan fingerprint density at radius 1 is 1.17 bits per heavy atom. The van der Waals surface area contributed by atoms with Gasteiger partial charge in [-0.15, -0.1) is 0 Å². The largest absolute Gasteiger partial charge is 0.416 e. The van der Waals surface area contributed by atoms with E-state index in [2.05, 4.69) is 41.4 Å². The number of hydrogen-bond donors (Lipinski definition) is 2. The molecule has 1 saturated carbocycles. The molecule has 9 heteroatoms. The number of hydrogen-bond acceptors (Lipinski definition) is 5. The van der Waals surface area contributed by atoms with Crippen LogP contribution < -0.4 is 10.6 Å². The average molecular weight is 492 g/mol. The van der Waals surface area contributed by atoms with Crippen LogP contribution in [0.3, 0.4) is 0 Å². The second kappa shape index (κ2) is 10.7. The minimum Gasteiger partial charge on any atom is -0.358 e. The Labute approximate surface area is 205 Å². The number of carbonyl (C=O) groups is 1. The van der Waals surface area contributed by atoms with E-state index in [-0.39, 0.29) is 23.2 Å². The van der Waals surface area contributed by atoms with Gasteiger partial charge in [0, 0.05) is 24.0 Å². The van der Waals surface area contributed by atoms with Gasteiger partial charge >= 0.3 is 6.18 Å². The zero-order valence-corrected chi connectivity index (χ0v) is 20.7. The number of benzene rings is 1. The Balaban J connectivity index is 1.47. The van der Waals surface area contributed by atoms with E-state index in [0.29, 0.717) is 36.4 Å². The molecule has 0 bridgehead atoms. The van der Waals surface area contributed by atoms with E-state index < -0.39 is 17.8 Å². The Morgan fingerprint density at radius 2 is 1.97 bits per heavy atom. The maximum Gasteiger partial charge on any atom is 0.416 e. The Kier molecular flexibility index (Phi) is 7.83. The van der Waals surface area contributed by atoms with E-state index in [1.165, 1.54) is 12.4 Å². The third-order valence-corrected chi connectivity index (χ3v) is 7.33. The van der Waals surface area contributed by atoms with Gasteiger partial charge in [0.25, 0.3) is 0 Å². The molecule has 4 rings (SSSR count). The molecule has 2 aliphatic rings. The summed E-state index contributed by atoms with van der Waals surface area (Å²) in [7, 11) is 0. The van der Waals surface area contributed by atoms with Gasteiger partial charge in [-0.1, -0.05) is 27.2 Å². The molecular weight excluding hydrogens is 455 g/mol. The van der Waals surface area contributed by atoms with Crippen molar-refractivity contribution in [2.24, 2.45) is 11.8 Å². The van der Waals surface area contributed by atoms with E-state index in [4.69, 9.17) is 0 Å². The number of rotatable bonds is 8. The second-order valence-electron chi connectivity index (χ2n) is 10.4. The van der Waals surface area contributed by atoms with Crippen LogP contribution in [0.15, 0.2) is 24.5 Å². The number of anilines is 1. The summed E-state index contributed by atoms with van der Waals surface area (Å²) in [4.78, 5) is 23.7. The highest BCUT2D eigenvalue weighted by Gasteiger charge is 2.41. The summed E-state index contributed by atoms with van der Waals surface area (Å²) in [5, 5.41) is 7.12. The molecule has 0 spiro atoms. The molecule has 0 radical (unpaired) electrons. The topological polar surface area (TPSA) is 70.2 Å². The van der Waals surface area contributed by atoms with Crippen molar-refractivity contribution in [3.05, 3.63) is 30.1 Å². The van der Waals surface area contributed by atoms with Gasteiger partial charge in [-0.05, 0) is 68.7 Å². The summed E-state index contributed by atoms with van der Waals surface area (Å²) >= 11 is 0. The van der Waals surface area contributed by atoms with Crippen LogP contribution in [0.4, 0.5) is 19.0 Å². The van der Waals surface area contributed by atoms with Crippen molar-refractivity contribution in [2.45, 2.75) is 83.6 Å². The second-order valence-corrected chi connectivity index (χ2v) is 10.4. The number of likely N-dealkylation sites (tertiary alicyclic amines) is 1. The molecule has 1 aliphatic heterocycles. The maximum absolute atomic E-state index is 13.4. The van der Waals surface area contributed by atoms with Gasteiger partial charge < -0.3 is 15.5 Å². The van der Waals surface area contributed by atoms with Crippen molar-refractivity contribution < 1.29 is 18.0 Å². The standard InChI is InChI=1S/C26H36F3N5O/c1-4-5-17-12-19(30-14-16(2)3)7-9-23(17)34-11-10-22(25(34)35)33-24-20-13-18(26(27,28)29)6-8-21(20)31-15-32-24/h6,8,13,15-17,19,22-23,30H,4-5,7,9-12,14H2,1-3H3,(H,31,32,33)/t17?,19?,22-,23-/m0/s1. The van der Waals surface area contributed by atoms with Gasteiger partial charge in [0.2, 0.25) is 5.91 Å². The van der Waals surface area contributed by atoms with Gasteiger partial charge in [-0.3, -0.25) is 4.79 Å². The lowest BCUT2D eigenvalue weighted by Crippen LogP contribution is -2.50. The molecule has 2 N–H and O–H groups in total. The third kappa shape index (κ3) is 5.88. The van der Waals surface area contributed by atoms with E-state index in [0.717, 1.165) is 50.8 Å². The fourth-order valence-electron chi connectivity index (χ4n) is 5.61. The molecule has 2 heterocycles. The fraction of sp³-hybridized carbons (Fsp3) is 0.654. The minimum absolute atomic E-state index is 0.0171. The first-order valence-corrected chi connectivity index (χ1v) is 12.8. The number of alkyl halides is 3. The maximum atomic E-state index is 13.4. The quantitative estimate of drug-likeness (QED) is 0.528. The first-order valence-electron chi connectivity index (χ1n) is 12.8. The SMILES string of the molecule is CCCC1CC(NCC(C)C)CC[C@@H]1N1CC[C@H](Nc2ncnc3ccc(C(F)(F)F)cc23)C1=O. The van der Waals surface area contributed by atoms with Crippen LogP contribution in [0.25, 0.3) is 10.9 Å². The lowest BCUT2D eigenvalue weighted by Gasteiger charge is -2.41. The van der Waals surface area contributed by atoms with Crippen molar-refractivity contribution in [1.29, 1.82) is 0 Å². The molecule has 2 fully saturated rings. The summed E-state index contributed by atoms with van der Waals surface area (Å²) in [5.74, 6) is 1.35. The molecule has 1 saturated heterocycles. The summed E-state index contributed by atoms with van der Waals surface area (Å²) in [5.41, 5.74) is -0.347. The monoisotopic (exact) mass is 491 g/mol. The van der Waals surface area contributed by atoms with Crippen LogP contribution in [0.5, 0.6) is 0 Å². The lowest BCUT2D eigenvalue weighted by atomic mass is 9.78.